The van der Waals surface area contributed by atoms with Crippen LogP contribution in [0.3, 0.4) is 0 Å². The highest BCUT2D eigenvalue weighted by Gasteiger charge is 1.93. The molecule has 0 aromatic carbocycles. The summed E-state index contributed by atoms with van der Waals surface area (Å²) in [6.45, 7) is 7.05. The van der Waals surface area contributed by atoms with Gasteiger partial charge in [0.15, 0.2) is 0 Å². The van der Waals surface area contributed by atoms with Gasteiger partial charge in [-0.25, -0.2) is 0 Å². The van der Waals surface area contributed by atoms with E-state index in [1.54, 1.807) is 0 Å². The van der Waals surface area contributed by atoms with Gasteiger partial charge in [0, 0.05) is 0 Å². The molecular weight excluding hydrogens is 242 g/mol. The van der Waals surface area contributed by atoms with Crippen LogP contribution in [0, 0.1) is 0 Å². The SMILES string of the molecule is CCCCCCCCCCCNCCCCCCCC. The van der Waals surface area contributed by atoms with E-state index in [1.165, 1.54) is 109 Å². The molecule has 20 heavy (non-hydrogen) atoms. The van der Waals surface area contributed by atoms with E-state index in [0.29, 0.717) is 0 Å². The summed E-state index contributed by atoms with van der Waals surface area (Å²) in [6, 6.07) is 0. The highest BCUT2D eigenvalue weighted by atomic mass is 14.8. The first-order valence-corrected chi connectivity index (χ1v) is 9.62. The van der Waals surface area contributed by atoms with Gasteiger partial charge < -0.3 is 5.32 Å². The molecule has 0 aromatic heterocycles. The average Bonchev–Trinajstić information content (AvgIpc) is 2.47. The molecular formula is C19H41N. The van der Waals surface area contributed by atoms with Crippen LogP contribution in [0.15, 0.2) is 0 Å². The van der Waals surface area contributed by atoms with Crippen LogP contribution in [0.4, 0.5) is 0 Å². The summed E-state index contributed by atoms with van der Waals surface area (Å²) in [5.74, 6) is 0. The summed E-state index contributed by atoms with van der Waals surface area (Å²) in [4.78, 5) is 0. The second-order valence-electron chi connectivity index (χ2n) is 6.35. The molecule has 1 N–H and O–H groups in total. The molecule has 1 nitrogen and oxygen atoms in total. The highest BCUT2D eigenvalue weighted by Crippen LogP contribution is 2.09. The Morgan fingerprint density at radius 2 is 0.700 bits per heavy atom. The zero-order chi connectivity index (χ0) is 14.7. The third-order valence-electron chi connectivity index (χ3n) is 4.16. The lowest BCUT2D eigenvalue weighted by Crippen LogP contribution is -2.16. The smallest absolute Gasteiger partial charge is 0.00489 e. The van der Waals surface area contributed by atoms with Crippen LogP contribution in [0.5, 0.6) is 0 Å². The van der Waals surface area contributed by atoms with Crippen LogP contribution in [0.2, 0.25) is 0 Å². The Morgan fingerprint density at radius 3 is 1.05 bits per heavy atom. The molecule has 0 amide bonds. The maximum Gasteiger partial charge on any atom is -0.00489 e. The molecule has 0 saturated carbocycles. The predicted octanol–water partition coefficient (Wildman–Crippen LogP) is 6.47. The molecule has 0 fully saturated rings. The van der Waals surface area contributed by atoms with Crippen molar-refractivity contribution < 1.29 is 0 Å². The molecule has 0 unspecified atom stereocenters. The average molecular weight is 284 g/mol. The fourth-order valence-corrected chi connectivity index (χ4v) is 2.72. The van der Waals surface area contributed by atoms with Crippen molar-refractivity contribution in [3.05, 3.63) is 0 Å². The number of hydrogen-bond donors (Lipinski definition) is 1. The molecule has 1 heteroatoms. The number of rotatable bonds is 17. The van der Waals surface area contributed by atoms with Gasteiger partial charge in [0.25, 0.3) is 0 Å². The molecule has 0 bridgehead atoms. The third-order valence-corrected chi connectivity index (χ3v) is 4.16. The van der Waals surface area contributed by atoms with Gasteiger partial charge in [-0.3, -0.25) is 0 Å². The van der Waals surface area contributed by atoms with E-state index in [4.69, 9.17) is 0 Å². The van der Waals surface area contributed by atoms with E-state index in [9.17, 15) is 0 Å². The largest absolute Gasteiger partial charge is 0.317 e. The van der Waals surface area contributed by atoms with Crippen molar-refractivity contribution in [2.75, 3.05) is 13.1 Å². The fraction of sp³-hybridized carbons (Fsp3) is 1.00. The van der Waals surface area contributed by atoms with E-state index in [1.807, 2.05) is 0 Å². The Kier molecular flexibility index (Phi) is 18.9. The number of nitrogens with one attached hydrogen (secondary N) is 1. The fourth-order valence-electron chi connectivity index (χ4n) is 2.72. The molecule has 0 rings (SSSR count). The Balaban J connectivity index is 2.89. The summed E-state index contributed by atoms with van der Waals surface area (Å²) < 4.78 is 0. The topological polar surface area (TPSA) is 12.0 Å². The van der Waals surface area contributed by atoms with E-state index in [-0.39, 0.29) is 0 Å². The van der Waals surface area contributed by atoms with Gasteiger partial charge in [-0.1, -0.05) is 97.3 Å². The first kappa shape index (κ1) is 20.0. The standard InChI is InChI=1S/C19H41N/c1-3-5-7-9-11-12-13-15-17-19-20-18-16-14-10-8-6-4-2/h20H,3-19H2,1-2H3. The monoisotopic (exact) mass is 283 g/mol. The van der Waals surface area contributed by atoms with Crippen LogP contribution in [0.25, 0.3) is 0 Å². The Morgan fingerprint density at radius 1 is 0.400 bits per heavy atom. The number of hydrogen-bond acceptors (Lipinski definition) is 1. The first-order chi connectivity index (χ1) is 9.91. The van der Waals surface area contributed by atoms with Gasteiger partial charge in [-0.15, -0.1) is 0 Å². The van der Waals surface area contributed by atoms with Gasteiger partial charge in [0.05, 0.1) is 0 Å². The van der Waals surface area contributed by atoms with Crippen molar-refractivity contribution in [3.8, 4) is 0 Å². The lowest BCUT2D eigenvalue weighted by molar-refractivity contribution is 0.534. The van der Waals surface area contributed by atoms with Crippen LogP contribution >= 0.6 is 0 Å². The maximum atomic E-state index is 3.60. The highest BCUT2D eigenvalue weighted by molar-refractivity contribution is 4.52. The molecule has 0 saturated heterocycles. The minimum absolute atomic E-state index is 1.24. The van der Waals surface area contributed by atoms with Crippen molar-refractivity contribution in [3.63, 3.8) is 0 Å². The van der Waals surface area contributed by atoms with Gasteiger partial charge >= 0.3 is 0 Å². The number of unbranched alkanes of at least 4 members (excludes halogenated alkanes) is 13. The minimum Gasteiger partial charge on any atom is -0.317 e. The second-order valence-corrected chi connectivity index (χ2v) is 6.35. The normalized spacial score (nSPS) is 11.1. The first-order valence-electron chi connectivity index (χ1n) is 9.62. The molecule has 0 heterocycles. The lowest BCUT2D eigenvalue weighted by Gasteiger charge is -2.05. The summed E-state index contributed by atoms with van der Waals surface area (Å²) in [6.07, 6.45) is 21.4. The molecule has 0 aliphatic carbocycles. The zero-order valence-electron chi connectivity index (χ0n) is 14.5. The maximum absolute atomic E-state index is 3.60. The van der Waals surface area contributed by atoms with E-state index in [0.717, 1.165) is 0 Å². The zero-order valence-corrected chi connectivity index (χ0v) is 14.5. The van der Waals surface area contributed by atoms with Gasteiger partial charge in [-0.2, -0.15) is 0 Å². The van der Waals surface area contributed by atoms with Gasteiger partial charge in [-0.05, 0) is 25.9 Å². The lowest BCUT2D eigenvalue weighted by atomic mass is 10.1. The summed E-state index contributed by atoms with van der Waals surface area (Å²) in [5, 5.41) is 3.60. The van der Waals surface area contributed by atoms with Crippen molar-refractivity contribution in [1.82, 2.24) is 5.32 Å². The molecule has 0 aromatic rings. The van der Waals surface area contributed by atoms with Crippen molar-refractivity contribution in [2.24, 2.45) is 0 Å². The molecule has 0 radical (unpaired) electrons. The van der Waals surface area contributed by atoms with E-state index >= 15 is 0 Å². The Labute approximate surface area is 129 Å². The molecule has 0 spiro atoms. The van der Waals surface area contributed by atoms with Gasteiger partial charge in [0.2, 0.25) is 0 Å². The van der Waals surface area contributed by atoms with Crippen LogP contribution in [-0.4, -0.2) is 13.1 Å². The van der Waals surface area contributed by atoms with Crippen molar-refractivity contribution >= 4 is 0 Å². The van der Waals surface area contributed by atoms with Gasteiger partial charge in [0.1, 0.15) is 0 Å². The van der Waals surface area contributed by atoms with E-state index in [2.05, 4.69) is 19.2 Å². The third kappa shape index (κ3) is 18.0. The van der Waals surface area contributed by atoms with E-state index < -0.39 is 0 Å². The van der Waals surface area contributed by atoms with Crippen LogP contribution in [0.1, 0.15) is 110 Å². The van der Waals surface area contributed by atoms with Crippen LogP contribution in [-0.2, 0) is 0 Å². The minimum atomic E-state index is 1.24. The Hall–Kier alpha value is -0.0400. The molecule has 0 aliphatic rings. The second kappa shape index (κ2) is 19.0. The summed E-state index contributed by atoms with van der Waals surface area (Å²) in [7, 11) is 0. The molecule has 122 valence electrons. The Bertz CT molecular complexity index is 138. The van der Waals surface area contributed by atoms with Crippen LogP contribution < -0.4 is 5.32 Å². The summed E-state index contributed by atoms with van der Waals surface area (Å²) >= 11 is 0. The summed E-state index contributed by atoms with van der Waals surface area (Å²) in [5.41, 5.74) is 0. The van der Waals surface area contributed by atoms with Crippen molar-refractivity contribution in [1.29, 1.82) is 0 Å². The molecule has 0 atom stereocenters. The quantitative estimate of drug-likeness (QED) is 0.302. The van der Waals surface area contributed by atoms with Crippen molar-refractivity contribution in [2.45, 2.75) is 110 Å². The predicted molar refractivity (Wildman–Crippen MR) is 93.5 cm³/mol. The molecule has 0 aliphatic heterocycles.